The molecule has 1 atom stereocenters. The predicted molar refractivity (Wildman–Crippen MR) is 87.2 cm³/mol. The van der Waals surface area contributed by atoms with E-state index >= 15 is 0 Å². The minimum atomic E-state index is -0.831. The third-order valence-electron chi connectivity index (χ3n) is 3.58. The molecule has 0 fully saturated rings. The van der Waals surface area contributed by atoms with Gasteiger partial charge in [0.2, 0.25) is 5.91 Å². The highest BCUT2D eigenvalue weighted by Gasteiger charge is 2.16. The van der Waals surface area contributed by atoms with Crippen molar-refractivity contribution in [1.82, 2.24) is 14.7 Å². The standard InChI is InChI=1S/C17H18N4O3/c1-12-11-14(20-24-12)19-15(22)7-9-21-10-8-18-17(21)16(23)13-5-3-2-4-6-13/h2-6,8,10-11,16,23H,7,9H2,1H3,(H,19,20,22)/t16-/m1/s1. The third kappa shape index (κ3) is 3.69. The van der Waals surface area contributed by atoms with E-state index in [0.717, 1.165) is 5.56 Å². The first-order chi connectivity index (χ1) is 11.6. The van der Waals surface area contributed by atoms with Gasteiger partial charge in [-0.2, -0.15) is 0 Å². The minimum absolute atomic E-state index is 0.183. The van der Waals surface area contributed by atoms with Crippen LogP contribution in [-0.4, -0.2) is 25.7 Å². The molecule has 0 aliphatic carbocycles. The zero-order valence-corrected chi connectivity index (χ0v) is 13.2. The van der Waals surface area contributed by atoms with Crippen LogP contribution in [0, 0.1) is 6.92 Å². The first-order valence-corrected chi connectivity index (χ1v) is 7.60. The number of aryl methyl sites for hydroxylation is 2. The molecule has 3 rings (SSSR count). The molecule has 0 radical (unpaired) electrons. The summed E-state index contributed by atoms with van der Waals surface area (Å²) in [7, 11) is 0. The van der Waals surface area contributed by atoms with Crippen molar-refractivity contribution in [3.05, 3.63) is 65.9 Å². The number of aliphatic hydroxyl groups is 1. The maximum Gasteiger partial charge on any atom is 0.227 e. The summed E-state index contributed by atoms with van der Waals surface area (Å²) in [5.41, 5.74) is 0.757. The van der Waals surface area contributed by atoms with Gasteiger partial charge in [-0.3, -0.25) is 4.79 Å². The monoisotopic (exact) mass is 326 g/mol. The van der Waals surface area contributed by atoms with Crippen molar-refractivity contribution >= 4 is 11.7 Å². The molecular weight excluding hydrogens is 308 g/mol. The molecule has 3 aromatic rings. The van der Waals surface area contributed by atoms with Crippen molar-refractivity contribution in [2.24, 2.45) is 0 Å². The predicted octanol–water partition coefficient (Wildman–Crippen LogP) is 2.29. The first kappa shape index (κ1) is 15.9. The summed E-state index contributed by atoms with van der Waals surface area (Å²) in [5.74, 6) is 1.35. The van der Waals surface area contributed by atoms with Crippen molar-refractivity contribution in [2.45, 2.75) is 26.0 Å². The SMILES string of the molecule is Cc1cc(NC(=O)CCn2ccnc2[C@H](O)c2ccccc2)no1. The Labute approximate surface area is 138 Å². The molecule has 24 heavy (non-hydrogen) atoms. The normalized spacial score (nSPS) is 12.1. The molecule has 0 aliphatic rings. The van der Waals surface area contributed by atoms with Gasteiger partial charge in [0.05, 0.1) is 0 Å². The van der Waals surface area contributed by atoms with Crippen LogP contribution < -0.4 is 5.32 Å². The van der Waals surface area contributed by atoms with E-state index < -0.39 is 6.10 Å². The van der Waals surface area contributed by atoms with Crippen molar-refractivity contribution in [3.63, 3.8) is 0 Å². The largest absolute Gasteiger partial charge is 0.380 e. The van der Waals surface area contributed by atoms with Gasteiger partial charge < -0.3 is 19.5 Å². The molecule has 0 saturated carbocycles. The van der Waals surface area contributed by atoms with Gasteiger partial charge in [0.1, 0.15) is 17.7 Å². The van der Waals surface area contributed by atoms with Crippen LogP contribution in [0.15, 0.2) is 53.3 Å². The molecule has 1 amide bonds. The van der Waals surface area contributed by atoms with Crippen LogP contribution in [0.5, 0.6) is 0 Å². The lowest BCUT2D eigenvalue weighted by Crippen LogP contribution is -2.16. The number of carbonyl (C=O) groups is 1. The summed E-state index contributed by atoms with van der Waals surface area (Å²) in [6.07, 6.45) is 2.76. The van der Waals surface area contributed by atoms with E-state index in [-0.39, 0.29) is 12.3 Å². The molecule has 124 valence electrons. The Hall–Kier alpha value is -2.93. The number of nitrogens with zero attached hydrogens (tertiary/aromatic N) is 3. The second kappa shape index (κ2) is 7.10. The van der Waals surface area contributed by atoms with Crippen molar-refractivity contribution in [2.75, 3.05) is 5.32 Å². The summed E-state index contributed by atoms with van der Waals surface area (Å²) in [4.78, 5) is 16.2. The molecule has 2 heterocycles. The van der Waals surface area contributed by atoms with Gasteiger partial charge in [-0.25, -0.2) is 4.98 Å². The van der Waals surface area contributed by atoms with Gasteiger partial charge in [0.25, 0.3) is 0 Å². The van der Waals surface area contributed by atoms with E-state index in [1.54, 1.807) is 30.0 Å². The van der Waals surface area contributed by atoms with Gasteiger partial charge in [0, 0.05) is 31.4 Å². The Morgan fingerprint density at radius 3 is 2.88 bits per heavy atom. The van der Waals surface area contributed by atoms with Crippen LogP contribution in [0.4, 0.5) is 5.82 Å². The molecule has 0 spiro atoms. The second-order valence-corrected chi connectivity index (χ2v) is 5.41. The fraction of sp³-hybridized carbons (Fsp3) is 0.235. The maximum atomic E-state index is 12.0. The van der Waals surface area contributed by atoms with E-state index in [4.69, 9.17) is 4.52 Å². The molecule has 0 aliphatic heterocycles. The van der Waals surface area contributed by atoms with Crippen LogP contribution in [0.25, 0.3) is 0 Å². The molecule has 2 N–H and O–H groups in total. The number of imidazole rings is 1. The highest BCUT2D eigenvalue weighted by molar-refractivity contribution is 5.89. The van der Waals surface area contributed by atoms with Crippen LogP contribution in [0.2, 0.25) is 0 Å². The fourth-order valence-corrected chi connectivity index (χ4v) is 2.39. The number of hydrogen-bond donors (Lipinski definition) is 2. The van der Waals surface area contributed by atoms with Crippen LogP contribution in [0.1, 0.15) is 29.7 Å². The van der Waals surface area contributed by atoms with E-state index in [2.05, 4.69) is 15.5 Å². The minimum Gasteiger partial charge on any atom is -0.380 e. The average molecular weight is 326 g/mol. The molecule has 2 aromatic heterocycles. The maximum absolute atomic E-state index is 12.0. The number of rotatable bonds is 6. The number of amides is 1. The molecule has 0 bridgehead atoms. The number of anilines is 1. The molecule has 7 nitrogen and oxygen atoms in total. The van der Waals surface area contributed by atoms with Crippen molar-refractivity contribution < 1.29 is 14.4 Å². The van der Waals surface area contributed by atoms with Gasteiger partial charge in [-0.1, -0.05) is 35.5 Å². The van der Waals surface area contributed by atoms with Gasteiger partial charge in [0.15, 0.2) is 5.82 Å². The summed E-state index contributed by atoms with van der Waals surface area (Å²) in [6.45, 7) is 2.16. The van der Waals surface area contributed by atoms with Gasteiger partial charge in [-0.15, -0.1) is 0 Å². The molecule has 0 unspecified atom stereocenters. The molecular formula is C17H18N4O3. The molecule has 7 heteroatoms. The van der Waals surface area contributed by atoms with Crippen LogP contribution >= 0.6 is 0 Å². The smallest absolute Gasteiger partial charge is 0.227 e. The Morgan fingerprint density at radius 1 is 1.38 bits per heavy atom. The van der Waals surface area contributed by atoms with E-state index in [0.29, 0.717) is 23.9 Å². The average Bonchev–Trinajstić information content (AvgIpc) is 3.22. The Bertz CT molecular complexity index is 810. The number of hydrogen-bond acceptors (Lipinski definition) is 5. The van der Waals surface area contributed by atoms with Crippen LogP contribution in [-0.2, 0) is 11.3 Å². The second-order valence-electron chi connectivity index (χ2n) is 5.41. The molecule has 1 aromatic carbocycles. The Kier molecular flexibility index (Phi) is 4.72. The summed E-state index contributed by atoms with van der Waals surface area (Å²) in [6, 6.07) is 10.9. The number of benzene rings is 1. The number of nitrogens with one attached hydrogen (secondary N) is 1. The van der Waals surface area contributed by atoms with Gasteiger partial charge in [-0.05, 0) is 12.5 Å². The lowest BCUT2D eigenvalue weighted by atomic mass is 10.1. The van der Waals surface area contributed by atoms with Crippen LogP contribution in [0.3, 0.4) is 0 Å². The van der Waals surface area contributed by atoms with E-state index in [1.807, 2.05) is 30.3 Å². The zero-order chi connectivity index (χ0) is 16.9. The first-order valence-electron chi connectivity index (χ1n) is 7.60. The molecule has 0 saturated heterocycles. The summed E-state index contributed by atoms with van der Waals surface area (Å²) < 4.78 is 6.67. The lowest BCUT2D eigenvalue weighted by molar-refractivity contribution is -0.116. The summed E-state index contributed by atoms with van der Waals surface area (Å²) >= 11 is 0. The van der Waals surface area contributed by atoms with E-state index in [9.17, 15) is 9.90 Å². The zero-order valence-electron chi connectivity index (χ0n) is 13.2. The van der Waals surface area contributed by atoms with E-state index in [1.165, 1.54) is 0 Å². The highest BCUT2D eigenvalue weighted by atomic mass is 16.5. The quantitative estimate of drug-likeness (QED) is 0.725. The van der Waals surface area contributed by atoms with Crippen molar-refractivity contribution in [3.8, 4) is 0 Å². The van der Waals surface area contributed by atoms with Gasteiger partial charge >= 0.3 is 0 Å². The Morgan fingerprint density at radius 2 is 2.17 bits per heavy atom. The number of aliphatic hydroxyl groups excluding tert-OH is 1. The fourth-order valence-electron chi connectivity index (χ4n) is 2.39. The number of aromatic nitrogens is 3. The highest BCUT2D eigenvalue weighted by Crippen LogP contribution is 2.20. The Balaban J connectivity index is 1.62. The lowest BCUT2D eigenvalue weighted by Gasteiger charge is -2.13. The van der Waals surface area contributed by atoms with Crippen molar-refractivity contribution in [1.29, 1.82) is 0 Å². The third-order valence-corrected chi connectivity index (χ3v) is 3.58. The summed E-state index contributed by atoms with van der Waals surface area (Å²) in [5, 5.41) is 16.8. The number of carbonyl (C=O) groups excluding carboxylic acids is 1. The topological polar surface area (TPSA) is 93.2 Å².